The fourth-order valence-corrected chi connectivity index (χ4v) is 14.1. The van der Waals surface area contributed by atoms with E-state index in [-0.39, 0.29) is 0 Å². The van der Waals surface area contributed by atoms with Gasteiger partial charge in [0.2, 0.25) is 0 Å². The van der Waals surface area contributed by atoms with Crippen molar-refractivity contribution in [1.82, 2.24) is 0 Å². The first-order valence-corrected chi connectivity index (χ1v) is 26.8. The average Bonchev–Trinajstić information content (AvgIpc) is 4.08. The van der Waals surface area contributed by atoms with Crippen molar-refractivity contribution in [2.75, 3.05) is 9.80 Å². The number of benzene rings is 12. The molecule has 77 heavy (non-hydrogen) atoms. The summed E-state index contributed by atoms with van der Waals surface area (Å²) < 4.78 is 0. The van der Waals surface area contributed by atoms with Gasteiger partial charge in [-0.2, -0.15) is 0 Å². The lowest BCUT2D eigenvalue weighted by molar-refractivity contribution is 0.723. The molecule has 0 bridgehead atoms. The first-order chi connectivity index (χ1) is 38.2. The average molecular weight is 981 g/mol. The van der Waals surface area contributed by atoms with E-state index in [2.05, 4.69) is 325 Å². The Morgan fingerprint density at radius 1 is 0.182 bits per heavy atom. The van der Waals surface area contributed by atoms with Crippen LogP contribution in [0.3, 0.4) is 0 Å². The number of rotatable bonds is 8. The molecule has 0 aromatic heterocycles. The van der Waals surface area contributed by atoms with Gasteiger partial charge in [0, 0.05) is 11.4 Å². The molecule has 1 aliphatic carbocycles. The first-order valence-electron chi connectivity index (χ1n) is 26.8. The third kappa shape index (κ3) is 6.30. The van der Waals surface area contributed by atoms with Crippen molar-refractivity contribution in [3.05, 3.63) is 382 Å². The van der Waals surface area contributed by atoms with Crippen LogP contribution in [0, 0.1) is 0 Å². The maximum absolute atomic E-state index is 2.62. The third-order valence-electron chi connectivity index (χ3n) is 17.0. The lowest BCUT2D eigenvalue weighted by Gasteiger charge is -2.47. The molecule has 0 radical (unpaired) electrons. The molecule has 0 fully saturated rings. The second-order valence-electron chi connectivity index (χ2n) is 20.7. The Morgan fingerprint density at radius 3 is 0.701 bits per heavy atom. The summed E-state index contributed by atoms with van der Waals surface area (Å²) in [5.74, 6) is 0. The molecule has 2 heteroatoms. The Hall–Kier alpha value is -9.76. The molecule has 0 atom stereocenters. The van der Waals surface area contributed by atoms with E-state index in [9.17, 15) is 0 Å². The third-order valence-corrected chi connectivity index (χ3v) is 17.0. The predicted molar refractivity (Wildman–Crippen MR) is 317 cm³/mol. The van der Waals surface area contributed by atoms with E-state index in [1.54, 1.807) is 0 Å². The van der Waals surface area contributed by atoms with Crippen LogP contribution in [0.25, 0.3) is 11.1 Å². The number of hydrogen-bond acceptors (Lipinski definition) is 2. The Labute approximate surface area is 451 Å². The summed E-state index contributed by atoms with van der Waals surface area (Å²) in [7, 11) is 0. The van der Waals surface area contributed by atoms with E-state index in [0.29, 0.717) is 0 Å². The minimum Gasteiger partial charge on any atom is -0.310 e. The van der Waals surface area contributed by atoms with Gasteiger partial charge in [-0.05, 0) is 139 Å². The maximum atomic E-state index is 2.62. The van der Waals surface area contributed by atoms with Crippen LogP contribution in [-0.2, 0) is 16.2 Å². The summed E-state index contributed by atoms with van der Waals surface area (Å²) in [6, 6.07) is 118. The van der Waals surface area contributed by atoms with Gasteiger partial charge >= 0.3 is 0 Å². The van der Waals surface area contributed by atoms with Crippen molar-refractivity contribution in [3.63, 3.8) is 0 Å². The second kappa shape index (κ2) is 17.7. The Morgan fingerprint density at radius 2 is 0.416 bits per heavy atom. The number of para-hydroxylation sites is 4. The number of fused-ring (bicyclic) bond motifs is 7. The summed E-state index contributed by atoms with van der Waals surface area (Å²) >= 11 is 0. The normalized spacial score (nSPS) is 14.8. The zero-order valence-electron chi connectivity index (χ0n) is 42.4. The predicted octanol–water partition coefficient (Wildman–Crippen LogP) is 18.4. The molecule has 0 spiro atoms. The van der Waals surface area contributed by atoms with E-state index in [1.165, 1.54) is 77.9 Å². The molecule has 362 valence electrons. The monoisotopic (exact) mass is 980 g/mol. The molecule has 0 saturated carbocycles. The van der Waals surface area contributed by atoms with E-state index in [1.807, 2.05) is 0 Å². The molecule has 3 aliphatic rings. The molecule has 0 unspecified atom stereocenters. The van der Waals surface area contributed by atoms with Gasteiger partial charge in [0.15, 0.2) is 0 Å². The Balaban J connectivity index is 1.17. The van der Waals surface area contributed by atoms with Crippen molar-refractivity contribution in [3.8, 4) is 11.1 Å². The van der Waals surface area contributed by atoms with Gasteiger partial charge in [-0.1, -0.05) is 255 Å². The molecule has 2 aliphatic heterocycles. The molecular weight excluding hydrogens is 929 g/mol. The molecule has 12 aromatic carbocycles. The molecule has 0 saturated heterocycles. The van der Waals surface area contributed by atoms with Gasteiger partial charge in [-0.25, -0.2) is 0 Å². The molecule has 15 rings (SSSR count). The fraction of sp³-hybridized carbons (Fsp3) is 0.0400. The highest BCUT2D eigenvalue weighted by Crippen LogP contribution is 2.66. The van der Waals surface area contributed by atoms with Gasteiger partial charge in [0.05, 0.1) is 39.0 Å². The smallest absolute Gasteiger partial charge is 0.0742 e. The molecule has 0 amide bonds. The zero-order chi connectivity index (χ0) is 51.0. The standard InChI is InChI=1S/C75H52N2/c1-9-29-53(30-10-1)73(54-31-11-2-12-32-54)63-45-25-27-47-69(63)76(59-41-21-7-22-42-59)71-51-65-61(49-67(71)73)62-50-68-72(52-66(62)75(65,57-37-17-5-18-38-57)58-39-19-6-20-40-58)77(60-43-23-8-24-44-60)70-48-28-26-46-64(70)74(68,55-33-13-3-14-34-55)56-35-15-4-16-36-56/h1-52H. The number of nitrogens with zero attached hydrogens (tertiary/aromatic N) is 2. The van der Waals surface area contributed by atoms with Crippen LogP contribution < -0.4 is 9.80 Å². The van der Waals surface area contributed by atoms with Gasteiger partial charge in [0.1, 0.15) is 0 Å². The van der Waals surface area contributed by atoms with Crippen LogP contribution >= 0.6 is 0 Å². The van der Waals surface area contributed by atoms with E-state index < -0.39 is 16.2 Å². The van der Waals surface area contributed by atoms with Crippen LogP contribution in [0.2, 0.25) is 0 Å². The highest BCUT2D eigenvalue weighted by atomic mass is 15.2. The first kappa shape index (κ1) is 44.7. The topological polar surface area (TPSA) is 6.48 Å². The molecule has 2 nitrogen and oxygen atoms in total. The highest BCUT2D eigenvalue weighted by molar-refractivity contribution is 5.99. The van der Waals surface area contributed by atoms with Crippen LogP contribution in [0.4, 0.5) is 34.1 Å². The lowest BCUT2D eigenvalue weighted by Crippen LogP contribution is -2.38. The maximum Gasteiger partial charge on any atom is 0.0742 e. The SMILES string of the molecule is c1ccc(N2c3ccccc3C(c3ccccc3)(c3ccccc3)c3cc4c(cc32)C(c2ccccc2)(c2ccccc2)c2cc3c(cc2-4)C(c2ccccc2)(c2ccccc2)c2ccccc2N3c2ccccc2)cc1. The van der Waals surface area contributed by atoms with E-state index in [0.717, 1.165) is 34.1 Å². The van der Waals surface area contributed by atoms with Crippen LogP contribution in [0.1, 0.15) is 66.8 Å². The van der Waals surface area contributed by atoms with Crippen LogP contribution in [0.15, 0.2) is 315 Å². The van der Waals surface area contributed by atoms with Gasteiger partial charge in [0.25, 0.3) is 0 Å². The van der Waals surface area contributed by atoms with E-state index in [4.69, 9.17) is 0 Å². The zero-order valence-corrected chi connectivity index (χ0v) is 42.4. The van der Waals surface area contributed by atoms with Gasteiger partial charge in [-0.15, -0.1) is 0 Å². The van der Waals surface area contributed by atoms with Crippen molar-refractivity contribution < 1.29 is 0 Å². The number of anilines is 6. The summed E-state index contributed by atoms with van der Waals surface area (Å²) in [6.45, 7) is 0. The highest BCUT2D eigenvalue weighted by Gasteiger charge is 2.54. The van der Waals surface area contributed by atoms with Crippen LogP contribution in [-0.4, -0.2) is 0 Å². The second-order valence-corrected chi connectivity index (χ2v) is 20.7. The quantitative estimate of drug-likeness (QED) is 0.150. The van der Waals surface area contributed by atoms with Crippen molar-refractivity contribution in [1.29, 1.82) is 0 Å². The summed E-state index contributed by atoms with van der Waals surface area (Å²) in [4.78, 5) is 5.07. The Bertz CT molecular complexity index is 3770. The molecule has 0 N–H and O–H groups in total. The van der Waals surface area contributed by atoms with Crippen LogP contribution in [0.5, 0.6) is 0 Å². The Kier molecular flexibility index (Phi) is 10.3. The molecular formula is C75H52N2. The van der Waals surface area contributed by atoms with Crippen molar-refractivity contribution in [2.45, 2.75) is 16.2 Å². The summed E-state index contributed by atoms with van der Waals surface area (Å²) in [5, 5.41) is 0. The minimum atomic E-state index is -0.764. The molecule has 12 aromatic rings. The molecule has 2 heterocycles. The van der Waals surface area contributed by atoms with Gasteiger partial charge in [-0.3, -0.25) is 0 Å². The fourth-order valence-electron chi connectivity index (χ4n) is 14.1. The van der Waals surface area contributed by atoms with E-state index >= 15 is 0 Å². The largest absolute Gasteiger partial charge is 0.310 e. The van der Waals surface area contributed by atoms with Crippen molar-refractivity contribution in [2.24, 2.45) is 0 Å². The number of hydrogen-bond donors (Lipinski definition) is 0. The lowest BCUT2D eigenvalue weighted by atomic mass is 9.61. The minimum absolute atomic E-state index is 0.714. The van der Waals surface area contributed by atoms with Crippen molar-refractivity contribution >= 4 is 34.1 Å². The van der Waals surface area contributed by atoms with Gasteiger partial charge < -0.3 is 9.80 Å². The summed E-state index contributed by atoms with van der Waals surface area (Å²) in [6.07, 6.45) is 0. The summed E-state index contributed by atoms with van der Waals surface area (Å²) in [5.41, 5.74) is 21.8.